The van der Waals surface area contributed by atoms with E-state index in [1.807, 2.05) is 13.8 Å². The summed E-state index contributed by atoms with van der Waals surface area (Å²) in [6.07, 6.45) is 1.56. The Balaban J connectivity index is 2.94. The summed E-state index contributed by atoms with van der Waals surface area (Å²) in [4.78, 5) is 11.8. The van der Waals surface area contributed by atoms with Crippen LogP contribution in [-0.2, 0) is 6.54 Å². The highest BCUT2D eigenvalue weighted by atomic mass is 35.5. The highest BCUT2D eigenvalue weighted by Crippen LogP contribution is 2.14. The second-order valence-electron chi connectivity index (χ2n) is 3.97. The number of nitrogens with two attached hydrogens (primary N) is 1. The predicted octanol–water partition coefficient (Wildman–Crippen LogP) is 0.923. The molecule has 6 heteroatoms. The van der Waals surface area contributed by atoms with E-state index in [1.165, 1.54) is 4.68 Å². The van der Waals surface area contributed by atoms with Gasteiger partial charge in [0.1, 0.15) is 5.02 Å². The van der Waals surface area contributed by atoms with Crippen LogP contribution in [0.4, 0.5) is 5.69 Å². The Morgan fingerprint density at radius 1 is 1.62 bits per heavy atom. The van der Waals surface area contributed by atoms with Crippen molar-refractivity contribution in [3.8, 4) is 0 Å². The Hall–Kier alpha value is -1.07. The van der Waals surface area contributed by atoms with Crippen molar-refractivity contribution in [2.75, 3.05) is 18.4 Å². The second-order valence-corrected chi connectivity index (χ2v) is 4.35. The summed E-state index contributed by atoms with van der Waals surface area (Å²) >= 11 is 5.94. The zero-order valence-corrected chi connectivity index (χ0v) is 10.3. The first-order valence-corrected chi connectivity index (χ1v) is 5.63. The molecule has 16 heavy (non-hydrogen) atoms. The van der Waals surface area contributed by atoms with E-state index < -0.39 is 0 Å². The number of nitrogens with zero attached hydrogens (tertiary/aromatic N) is 2. The summed E-state index contributed by atoms with van der Waals surface area (Å²) in [6, 6.07) is 0. The number of anilines is 1. The summed E-state index contributed by atoms with van der Waals surface area (Å²) in [6.45, 7) is 5.64. The number of nitrogens with one attached hydrogen (secondary N) is 1. The molecule has 0 aliphatic heterocycles. The lowest BCUT2D eigenvalue weighted by Crippen LogP contribution is -2.26. The van der Waals surface area contributed by atoms with Gasteiger partial charge < -0.3 is 11.1 Å². The summed E-state index contributed by atoms with van der Waals surface area (Å²) in [5, 5.41) is 7.17. The average molecular weight is 245 g/mol. The zero-order valence-electron chi connectivity index (χ0n) is 9.53. The maximum absolute atomic E-state index is 11.8. The van der Waals surface area contributed by atoms with E-state index in [1.54, 1.807) is 6.20 Å². The number of rotatable bonds is 5. The fourth-order valence-corrected chi connectivity index (χ4v) is 1.48. The molecule has 0 aliphatic carbocycles. The van der Waals surface area contributed by atoms with Crippen LogP contribution in [0.1, 0.15) is 13.8 Å². The van der Waals surface area contributed by atoms with Crippen LogP contribution in [0, 0.1) is 5.92 Å². The average Bonchev–Trinajstić information content (AvgIpc) is 2.23. The van der Waals surface area contributed by atoms with Gasteiger partial charge in [-0.25, -0.2) is 4.68 Å². The van der Waals surface area contributed by atoms with E-state index in [0.717, 1.165) is 0 Å². The third-order valence-electron chi connectivity index (χ3n) is 1.98. The molecule has 5 nitrogen and oxygen atoms in total. The number of hydrogen-bond acceptors (Lipinski definition) is 4. The maximum Gasteiger partial charge on any atom is 0.287 e. The Bertz CT molecular complexity index is 402. The molecule has 3 N–H and O–H groups in total. The molecule has 0 aliphatic rings. The first-order chi connectivity index (χ1) is 7.56. The molecule has 0 amide bonds. The van der Waals surface area contributed by atoms with Gasteiger partial charge in [0.15, 0.2) is 0 Å². The molecule has 1 aromatic rings. The first-order valence-electron chi connectivity index (χ1n) is 5.25. The monoisotopic (exact) mass is 244 g/mol. The normalized spacial score (nSPS) is 10.8. The molecule has 0 aromatic carbocycles. The van der Waals surface area contributed by atoms with Gasteiger partial charge in [0.2, 0.25) is 0 Å². The van der Waals surface area contributed by atoms with Crippen LogP contribution in [0.3, 0.4) is 0 Å². The Labute approximate surface area is 99.6 Å². The van der Waals surface area contributed by atoms with Gasteiger partial charge >= 0.3 is 0 Å². The summed E-state index contributed by atoms with van der Waals surface area (Å²) in [5.74, 6) is 0.351. The van der Waals surface area contributed by atoms with E-state index >= 15 is 0 Å². The van der Waals surface area contributed by atoms with Gasteiger partial charge in [-0.15, -0.1) is 0 Å². The molecule has 0 radical (unpaired) electrons. The van der Waals surface area contributed by atoms with E-state index in [4.69, 9.17) is 17.3 Å². The van der Waals surface area contributed by atoms with Gasteiger partial charge in [-0.05, 0) is 5.92 Å². The number of aromatic nitrogens is 2. The van der Waals surface area contributed by atoms with Gasteiger partial charge in [-0.3, -0.25) is 4.79 Å². The summed E-state index contributed by atoms with van der Waals surface area (Å²) < 4.78 is 1.38. The molecule has 1 rings (SSSR count). The van der Waals surface area contributed by atoms with E-state index in [0.29, 0.717) is 31.2 Å². The molecule has 0 fully saturated rings. The molecule has 0 bridgehead atoms. The van der Waals surface area contributed by atoms with Crippen molar-refractivity contribution in [1.29, 1.82) is 0 Å². The zero-order chi connectivity index (χ0) is 12.1. The van der Waals surface area contributed by atoms with Crippen molar-refractivity contribution < 1.29 is 0 Å². The molecule has 0 saturated heterocycles. The van der Waals surface area contributed by atoms with Gasteiger partial charge in [0, 0.05) is 19.6 Å². The van der Waals surface area contributed by atoms with Crippen LogP contribution >= 0.6 is 11.6 Å². The lowest BCUT2D eigenvalue weighted by molar-refractivity contribution is 0.464. The molecule has 0 saturated carbocycles. The van der Waals surface area contributed by atoms with Gasteiger partial charge in [0.05, 0.1) is 11.9 Å². The standard InChI is InChI=1S/C10H17ClN4O/c1-7(2)6-15-10(16)9(11)8(5-14-15)13-4-3-12/h5,7,13H,3-4,6,12H2,1-2H3. The molecule has 0 spiro atoms. The van der Waals surface area contributed by atoms with Crippen molar-refractivity contribution >= 4 is 17.3 Å². The minimum atomic E-state index is -0.266. The molecule has 0 atom stereocenters. The minimum absolute atomic E-state index is 0.170. The fourth-order valence-electron chi connectivity index (χ4n) is 1.27. The largest absolute Gasteiger partial charge is 0.381 e. The Morgan fingerprint density at radius 3 is 2.88 bits per heavy atom. The van der Waals surface area contributed by atoms with E-state index in [-0.39, 0.29) is 10.6 Å². The van der Waals surface area contributed by atoms with Crippen LogP contribution in [0.25, 0.3) is 0 Å². The Kier molecular flexibility index (Phi) is 4.76. The predicted molar refractivity (Wildman–Crippen MR) is 65.9 cm³/mol. The molecular formula is C10H17ClN4O. The van der Waals surface area contributed by atoms with Crippen molar-refractivity contribution in [2.24, 2.45) is 11.7 Å². The first kappa shape index (κ1) is 13.0. The van der Waals surface area contributed by atoms with Crippen LogP contribution < -0.4 is 16.6 Å². The van der Waals surface area contributed by atoms with Gasteiger partial charge in [-0.1, -0.05) is 25.4 Å². The molecular weight excluding hydrogens is 228 g/mol. The third-order valence-corrected chi connectivity index (χ3v) is 2.35. The van der Waals surface area contributed by atoms with Crippen molar-refractivity contribution in [3.05, 3.63) is 21.6 Å². The lowest BCUT2D eigenvalue weighted by Gasteiger charge is -2.10. The van der Waals surface area contributed by atoms with Crippen LogP contribution in [-0.4, -0.2) is 22.9 Å². The molecule has 0 unspecified atom stereocenters. The molecule has 1 heterocycles. The van der Waals surface area contributed by atoms with Crippen molar-refractivity contribution in [1.82, 2.24) is 9.78 Å². The van der Waals surface area contributed by atoms with Gasteiger partial charge in [-0.2, -0.15) is 5.10 Å². The van der Waals surface area contributed by atoms with E-state index in [9.17, 15) is 4.79 Å². The topological polar surface area (TPSA) is 72.9 Å². The minimum Gasteiger partial charge on any atom is -0.381 e. The van der Waals surface area contributed by atoms with Crippen molar-refractivity contribution in [2.45, 2.75) is 20.4 Å². The van der Waals surface area contributed by atoms with E-state index in [2.05, 4.69) is 10.4 Å². The second kappa shape index (κ2) is 5.86. The highest BCUT2D eigenvalue weighted by Gasteiger charge is 2.09. The van der Waals surface area contributed by atoms with Gasteiger partial charge in [0.25, 0.3) is 5.56 Å². The van der Waals surface area contributed by atoms with Crippen LogP contribution in [0.15, 0.2) is 11.0 Å². The Morgan fingerprint density at radius 2 is 2.31 bits per heavy atom. The highest BCUT2D eigenvalue weighted by molar-refractivity contribution is 6.32. The smallest absolute Gasteiger partial charge is 0.287 e. The maximum atomic E-state index is 11.8. The molecule has 90 valence electrons. The number of hydrogen-bond donors (Lipinski definition) is 2. The summed E-state index contributed by atoms with van der Waals surface area (Å²) in [5.41, 5.74) is 5.62. The third kappa shape index (κ3) is 3.21. The lowest BCUT2D eigenvalue weighted by atomic mass is 10.2. The van der Waals surface area contributed by atoms with Crippen LogP contribution in [0.2, 0.25) is 5.02 Å². The summed E-state index contributed by atoms with van der Waals surface area (Å²) in [7, 11) is 0. The van der Waals surface area contributed by atoms with Crippen LogP contribution in [0.5, 0.6) is 0 Å². The quantitative estimate of drug-likeness (QED) is 0.808. The molecule has 1 aromatic heterocycles. The number of halogens is 1. The fraction of sp³-hybridized carbons (Fsp3) is 0.600. The van der Waals surface area contributed by atoms with Crippen molar-refractivity contribution in [3.63, 3.8) is 0 Å². The SMILES string of the molecule is CC(C)Cn1ncc(NCCN)c(Cl)c1=O.